The Bertz CT molecular complexity index is 1600. The zero-order valence-electron chi connectivity index (χ0n) is 19.3. The van der Waals surface area contributed by atoms with Crippen LogP contribution in [-0.2, 0) is 4.74 Å². The highest BCUT2D eigenvalue weighted by atomic mass is 16.5. The maximum Gasteiger partial charge on any atom is 0.337 e. The lowest BCUT2D eigenvalue weighted by molar-refractivity contribution is 0.0600. The largest absolute Gasteiger partial charge is 0.507 e. The maximum atomic E-state index is 11.8. The van der Waals surface area contributed by atoms with E-state index < -0.39 is 5.97 Å². The summed E-state index contributed by atoms with van der Waals surface area (Å²) in [5.74, 6) is 0.588. The number of fused-ring (bicyclic) bond motifs is 1. The van der Waals surface area contributed by atoms with E-state index in [2.05, 4.69) is 19.9 Å². The van der Waals surface area contributed by atoms with Gasteiger partial charge in [0.1, 0.15) is 17.2 Å². The van der Waals surface area contributed by atoms with Crippen molar-refractivity contribution in [1.29, 1.82) is 0 Å². The molecule has 5 rings (SSSR count). The van der Waals surface area contributed by atoms with Crippen LogP contribution < -0.4 is 4.74 Å². The number of phenols is 2. The van der Waals surface area contributed by atoms with Crippen LogP contribution in [0.5, 0.6) is 17.2 Å². The molecule has 0 saturated carbocycles. The maximum absolute atomic E-state index is 11.8. The van der Waals surface area contributed by atoms with E-state index in [0.29, 0.717) is 38.9 Å². The van der Waals surface area contributed by atoms with Crippen LogP contribution in [0.4, 0.5) is 0 Å². The average Bonchev–Trinajstić information content (AvgIpc) is 2.92. The highest BCUT2D eigenvalue weighted by molar-refractivity contribution is 5.92. The molecule has 0 aliphatic heterocycles. The number of aromatic hydroxyl groups is 2. The van der Waals surface area contributed by atoms with Crippen LogP contribution in [0.25, 0.3) is 45.1 Å². The van der Waals surface area contributed by atoms with E-state index in [4.69, 9.17) is 9.47 Å². The number of carbonyl (C=O) groups is 1. The van der Waals surface area contributed by atoms with Gasteiger partial charge in [0.15, 0.2) is 17.5 Å². The van der Waals surface area contributed by atoms with Gasteiger partial charge < -0.3 is 19.7 Å². The smallest absolute Gasteiger partial charge is 0.337 e. The Morgan fingerprint density at radius 2 is 1.50 bits per heavy atom. The van der Waals surface area contributed by atoms with Gasteiger partial charge in [-0.3, -0.25) is 4.98 Å². The second kappa shape index (κ2) is 9.30. The van der Waals surface area contributed by atoms with Crippen LogP contribution >= 0.6 is 0 Å². The lowest BCUT2D eigenvalue weighted by Crippen LogP contribution is -2.02. The van der Waals surface area contributed by atoms with E-state index in [1.54, 1.807) is 66.9 Å². The highest BCUT2D eigenvalue weighted by Gasteiger charge is 2.18. The zero-order valence-corrected chi connectivity index (χ0v) is 19.3. The number of methoxy groups -OCH3 is 2. The van der Waals surface area contributed by atoms with Gasteiger partial charge in [0.25, 0.3) is 0 Å². The number of hydrogen-bond donors (Lipinski definition) is 2. The molecule has 0 atom stereocenters. The summed E-state index contributed by atoms with van der Waals surface area (Å²) in [5.41, 5.74) is 2.33. The van der Waals surface area contributed by atoms with Crippen LogP contribution in [-0.4, -0.2) is 50.3 Å². The summed E-state index contributed by atoms with van der Waals surface area (Å²) >= 11 is 0. The average molecular weight is 480 g/mol. The lowest BCUT2D eigenvalue weighted by Gasteiger charge is -2.12. The number of carbonyl (C=O) groups excluding carboxylic acids is 1. The minimum Gasteiger partial charge on any atom is -0.507 e. The summed E-state index contributed by atoms with van der Waals surface area (Å²) in [6, 6.07) is 18.3. The number of nitrogens with zero attached hydrogens (tertiary/aromatic N) is 4. The van der Waals surface area contributed by atoms with Crippen molar-refractivity contribution in [3.8, 4) is 51.4 Å². The van der Waals surface area contributed by atoms with Crippen LogP contribution in [0, 0.1) is 0 Å². The normalized spacial score (nSPS) is 10.8. The Morgan fingerprint density at radius 1 is 0.806 bits per heavy atom. The molecule has 0 bridgehead atoms. The standard InChI is InChI=1S/C27H20N4O5/c1-35-17-9-10-19(22(32)14-17)25-29-24(15-5-7-16(8-6-15)27(34)36-2)30-26(31-25)20-11-12-21-18(23(20)33)4-3-13-28-21/h3-14,32-33H,1-2H3. The minimum atomic E-state index is -0.462. The summed E-state index contributed by atoms with van der Waals surface area (Å²) in [6.07, 6.45) is 1.64. The molecule has 2 heterocycles. The van der Waals surface area contributed by atoms with Crippen LogP contribution in [0.15, 0.2) is 72.9 Å². The van der Waals surface area contributed by atoms with Gasteiger partial charge in [-0.2, -0.15) is 0 Å². The minimum absolute atomic E-state index is 0.0244. The van der Waals surface area contributed by atoms with Crippen LogP contribution in [0.3, 0.4) is 0 Å². The molecule has 0 aliphatic carbocycles. The number of phenolic OH excluding ortho intramolecular Hbond substituents is 2. The summed E-state index contributed by atoms with van der Waals surface area (Å²) in [5, 5.41) is 22.2. The Balaban J connectivity index is 1.71. The third-order valence-electron chi connectivity index (χ3n) is 5.64. The first-order valence-corrected chi connectivity index (χ1v) is 10.9. The monoisotopic (exact) mass is 480 g/mol. The van der Waals surface area contributed by atoms with E-state index in [1.807, 2.05) is 0 Å². The molecule has 178 valence electrons. The molecule has 3 aromatic carbocycles. The van der Waals surface area contributed by atoms with Crippen molar-refractivity contribution in [2.24, 2.45) is 0 Å². The van der Waals surface area contributed by atoms with Crippen molar-refractivity contribution in [2.75, 3.05) is 14.2 Å². The van der Waals surface area contributed by atoms with Gasteiger partial charge in [0.2, 0.25) is 0 Å². The summed E-state index contributed by atoms with van der Waals surface area (Å²) in [4.78, 5) is 29.8. The van der Waals surface area contributed by atoms with E-state index in [-0.39, 0.29) is 29.0 Å². The van der Waals surface area contributed by atoms with Gasteiger partial charge >= 0.3 is 5.97 Å². The molecule has 36 heavy (non-hydrogen) atoms. The fraction of sp³-hybridized carbons (Fsp3) is 0.0741. The zero-order chi connectivity index (χ0) is 25.2. The third-order valence-corrected chi connectivity index (χ3v) is 5.64. The fourth-order valence-electron chi connectivity index (χ4n) is 3.76. The van der Waals surface area contributed by atoms with Gasteiger partial charge in [-0.05, 0) is 48.5 Å². The molecule has 0 spiro atoms. The van der Waals surface area contributed by atoms with Crippen molar-refractivity contribution < 1.29 is 24.5 Å². The second-order valence-corrected chi connectivity index (χ2v) is 7.79. The van der Waals surface area contributed by atoms with Crippen molar-refractivity contribution in [3.05, 3.63) is 78.5 Å². The first-order valence-electron chi connectivity index (χ1n) is 10.9. The first kappa shape index (κ1) is 22.7. The molecule has 2 N–H and O–H groups in total. The third kappa shape index (κ3) is 4.14. The molecular weight excluding hydrogens is 460 g/mol. The van der Waals surface area contributed by atoms with Gasteiger partial charge in [-0.25, -0.2) is 19.7 Å². The molecular formula is C27H20N4O5. The molecule has 0 unspecified atom stereocenters. The highest BCUT2D eigenvalue weighted by Crippen LogP contribution is 2.36. The van der Waals surface area contributed by atoms with Gasteiger partial charge in [0.05, 0.1) is 36.4 Å². The number of pyridine rings is 1. The van der Waals surface area contributed by atoms with E-state index >= 15 is 0 Å². The van der Waals surface area contributed by atoms with Gasteiger partial charge in [-0.1, -0.05) is 12.1 Å². The van der Waals surface area contributed by atoms with Crippen molar-refractivity contribution in [2.45, 2.75) is 0 Å². The number of benzene rings is 3. The summed E-state index contributed by atoms with van der Waals surface area (Å²) in [7, 11) is 2.82. The Labute approximate surface area is 205 Å². The van der Waals surface area contributed by atoms with Crippen molar-refractivity contribution in [1.82, 2.24) is 19.9 Å². The number of esters is 1. The molecule has 0 amide bonds. The number of hydrogen-bond acceptors (Lipinski definition) is 9. The predicted molar refractivity (Wildman–Crippen MR) is 133 cm³/mol. The topological polar surface area (TPSA) is 128 Å². The molecule has 9 heteroatoms. The number of ether oxygens (including phenoxy) is 2. The Kier molecular flexibility index (Phi) is 5.87. The predicted octanol–water partition coefficient (Wildman–Crippen LogP) is 4.63. The van der Waals surface area contributed by atoms with Gasteiger partial charge in [-0.15, -0.1) is 0 Å². The van der Waals surface area contributed by atoms with Crippen molar-refractivity contribution in [3.63, 3.8) is 0 Å². The molecule has 0 aliphatic rings. The second-order valence-electron chi connectivity index (χ2n) is 7.79. The quantitative estimate of drug-likeness (QED) is 0.346. The van der Waals surface area contributed by atoms with E-state index in [0.717, 1.165) is 0 Å². The fourth-order valence-corrected chi connectivity index (χ4v) is 3.76. The van der Waals surface area contributed by atoms with Crippen molar-refractivity contribution >= 4 is 16.9 Å². The summed E-state index contributed by atoms with van der Waals surface area (Å²) < 4.78 is 9.94. The Hall–Kier alpha value is -5.05. The number of rotatable bonds is 5. The molecule has 9 nitrogen and oxygen atoms in total. The van der Waals surface area contributed by atoms with E-state index in [9.17, 15) is 15.0 Å². The van der Waals surface area contributed by atoms with Crippen LogP contribution in [0.1, 0.15) is 10.4 Å². The molecule has 5 aromatic rings. The lowest BCUT2D eigenvalue weighted by atomic mass is 10.1. The first-order chi connectivity index (χ1) is 17.5. The van der Waals surface area contributed by atoms with E-state index in [1.165, 1.54) is 20.3 Å². The van der Waals surface area contributed by atoms with Crippen LogP contribution in [0.2, 0.25) is 0 Å². The molecule has 0 fully saturated rings. The molecule has 0 radical (unpaired) electrons. The van der Waals surface area contributed by atoms with Gasteiger partial charge in [0, 0.05) is 23.2 Å². The Morgan fingerprint density at radius 3 is 2.19 bits per heavy atom. The molecule has 0 saturated heterocycles. The summed E-state index contributed by atoms with van der Waals surface area (Å²) in [6.45, 7) is 0. The molecule has 2 aromatic heterocycles. The SMILES string of the molecule is COC(=O)c1ccc(-c2nc(-c3ccc(OC)cc3O)nc(-c3ccc4ncccc4c3O)n2)cc1. The number of aromatic nitrogens is 4.